The number of aliphatic hydroxyl groups is 1. The summed E-state index contributed by atoms with van der Waals surface area (Å²) in [5.74, 6) is 0.373. The maximum absolute atomic E-state index is 8.93. The Kier molecular flexibility index (Phi) is 3.51. The fourth-order valence-electron chi connectivity index (χ4n) is 1.50. The third-order valence-electron chi connectivity index (χ3n) is 2.30. The summed E-state index contributed by atoms with van der Waals surface area (Å²) in [5.41, 5.74) is 0.338. The quantitative estimate of drug-likeness (QED) is 0.651. The largest absolute Gasteiger partial charge is 0.396 e. The fourth-order valence-corrected chi connectivity index (χ4v) is 1.50. The van der Waals surface area contributed by atoms with E-state index in [1.807, 2.05) is 0 Å². The summed E-state index contributed by atoms with van der Waals surface area (Å²) in [4.78, 5) is 0. The molecular weight excluding hydrogens is 162 g/mol. The molecule has 0 amide bonds. The number of nitrogens with one attached hydrogen (secondary N) is 1. The number of hydrogen-bond donors (Lipinski definition) is 2. The van der Waals surface area contributed by atoms with Crippen LogP contribution in [0.3, 0.4) is 0 Å². The molecule has 0 aliphatic heterocycles. The van der Waals surface area contributed by atoms with Gasteiger partial charge in [0.1, 0.15) is 0 Å². The van der Waals surface area contributed by atoms with E-state index in [0.717, 1.165) is 13.0 Å². The van der Waals surface area contributed by atoms with E-state index < -0.39 is 0 Å². The average Bonchev–Trinajstić information content (AvgIpc) is 2.47. The van der Waals surface area contributed by atoms with Gasteiger partial charge in [0.05, 0.1) is 0 Å². The Morgan fingerprint density at radius 2 is 2.08 bits per heavy atom. The van der Waals surface area contributed by atoms with Gasteiger partial charge < -0.3 is 10.4 Å². The Balaban J connectivity index is 2.22. The molecule has 1 rings (SSSR count). The van der Waals surface area contributed by atoms with E-state index in [1.54, 1.807) is 0 Å². The monoisotopic (exact) mass is 183 g/mol. The van der Waals surface area contributed by atoms with Crippen LogP contribution in [0.2, 0.25) is 0 Å². The van der Waals surface area contributed by atoms with Gasteiger partial charge in [0.25, 0.3) is 0 Å². The maximum Gasteiger partial charge on any atom is 0.0494 e. The SMILES string of the molecule is CC(C)(C)CN[C@@H]1C=C[C@H](CO)C1. The topological polar surface area (TPSA) is 32.3 Å². The zero-order chi connectivity index (χ0) is 9.90. The molecule has 2 nitrogen and oxygen atoms in total. The van der Waals surface area contributed by atoms with E-state index >= 15 is 0 Å². The van der Waals surface area contributed by atoms with Crippen molar-refractivity contribution in [3.05, 3.63) is 12.2 Å². The molecule has 1 aliphatic carbocycles. The molecule has 0 unspecified atom stereocenters. The summed E-state index contributed by atoms with van der Waals surface area (Å²) < 4.78 is 0. The summed E-state index contributed by atoms with van der Waals surface area (Å²) >= 11 is 0. The first-order chi connectivity index (χ1) is 6.01. The Morgan fingerprint density at radius 3 is 2.54 bits per heavy atom. The average molecular weight is 183 g/mol. The molecule has 0 aromatic rings. The standard InChI is InChI=1S/C11H21NO/c1-11(2,3)8-12-10-5-4-9(6-10)7-13/h4-5,9-10,12-13H,6-8H2,1-3H3/t9-,10+/m0/s1. The van der Waals surface area contributed by atoms with Crippen LogP contribution in [-0.2, 0) is 0 Å². The van der Waals surface area contributed by atoms with E-state index in [1.165, 1.54) is 0 Å². The van der Waals surface area contributed by atoms with Crippen molar-refractivity contribution in [2.75, 3.05) is 13.2 Å². The van der Waals surface area contributed by atoms with Crippen molar-refractivity contribution >= 4 is 0 Å². The Hall–Kier alpha value is -0.340. The predicted octanol–water partition coefficient (Wildman–Crippen LogP) is 1.56. The highest BCUT2D eigenvalue weighted by molar-refractivity contribution is 5.05. The van der Waals surface area contributed by atoms with Crippen LogP contribution in [-0.4, -0.2) is 24.3 Å². The lowest BCUT2D eigenvalue weighted by Gasteiger charge is -2.22. The highest BCUT2D eigenvalue weighted by Crippen LogP contribution is 2.18. The predicted molar refractivity (Wildman–Crippen MR) is 55.6 cm³/mol. The van der Waals surface area contributed by atoms with Crippen molar-refractivity contribution in [3.63, 3.8) is 0 Å². The summed E-state index contributed by atoms with van der Waals surface area (Å²) in [6, 6.07) is 0.469. The third kappa shape index (κ3) is 3.92. The number of aliphatic hydroxyl groups excluding tert-OH is 1. The first-order valence-electron chi connectivity index (χ1n) is 5.04. The van der Waals surface area contributed by atoms with Gasteiger partial charge in [-0.25, -0.2) is 0 Å². The van der Waals surface area contributed by atoms with Crippen molar-refractivity contribution < 1.29 is 5.11 Å². The van der Waals surface area contributed by atoms with Gasteiger partial charge in [-0.05, 0) is 11.8 Å². The Bertz CT molecular complexity index is 181. The van der Waals surface area contributed by atoms with Gasteiger partial charge in [-0.2, -0.15) is 0 Å². The van der Waals surface area contributed by atoms with Crippen molar-refractivity contribution in [2.24, 2.45) is 11.3 Å². The van der Waals surface area contributed by atoms with Crippen LogP contribution in [0.1, 0.15) is 27.2 Å². The number of hydrogen-bond acceptors (Lipinski definition) is 2. The van der Waals surface area contributed by atoms with Gasteiger partial charge in [-0.1, -0.05) is 32.9 Å². The van der Waals surface area contributed by atoms with Gasteiger partial charge >= 0.3 is 0 Å². The smallest absolute Gasteiger partial charge is 0.0494 e. The molecule has 1 aliphatic rings. The second kappa shape index (κ2) is 4.25. The first-order valence-corrected chi connectivity index (χ1v) is 5.04. The zero-order valence-electron chi connectivity index (χ0n) is 8.88. The van der Waals surface area contributed by atoms with E-state index in [2.05, 4.69) is 38.2 Å². The Morgan fingerprint density at radius 1 is 1.38 bits per heavy atom. The maximum atomic E-state index is 8.93. The molecule has 2 heteroatoms. The summed E-state index contributed by atoms with van der Waals surface area (Å²) in [5, 5.41) is 12.4. The van der Waals surface area contributed by atoms with Crippen molar-refractivity contribution in [3.8, 4) is 0 Å². The number of rotatable bonds is 3. The molecule has 0 aromatic carbocycles. The van der Waals surface area contributed by atoms with Gasteiger partial charge in [0.2, 0.25) is 0 Å². The van der Waals surface area contributed by atoms with E-state index in [9.17, 15) is 0 Å². The second-order valence-electron chi connectivity index (χ2n) is 5.11. The zero-order valence-corrected chi connectivity index (χ0v) is 8.88. The molecule has 0 fully saturated rings. The van der Waals surface area contributed by atoms with Crippen LogP contribution in [0.15, 0.2) is 12.2 Å². The summed E-state index contributed by atoms with van der Waals surface area (Å²) in [6.45, 7) is 7.98. The van der Waals surface area contributed by atoms with Crippen LogP contribution in [0.25, 0.3) is 0 Å². The van der Waals surface area contributed by atoms with Crippen molar-refractivity contribution in [1.29, 1.82) is 0 Å². The second-order valence-corrected chi connectivity index (χ2v) is 5.11. The first kappa shape index (κ1) is 10.7. The molecule has 0 radical (unpaired) electrons. The molecule has 2 atom stereocenters. The normalized spacial score (nSPS) is 28.3. The molecule has 76 valence electrons. The van der Waals surface area contributed by atoms with Crippen molar-refractivity contribution in [2.45, 2.75) is 33.2 Å². The molecule has 2 N–H and O–H groups in total. The lowest BCUT2D eigenvalue weighted by Crippen LogP contribution is -2.34. The minimum absolute atomic E-state index is 0.282. The molecule has 0 spiro atoms. The van der Waals surface area contributed by atoms with Crippen LogP contribution in [0.5, 0.6) is 0 Å². The van der Waals surface area contributed by atoms with Crippen LogP contribution in [0.4, 0.5) is 0 Å². The molecule has 0 aromatic heterocycles. The molecule has 0 bridgehead atoms. The highest BCUT2D eigenvalue weighted by atomic mass is 16.3. The Labute approximate surface area is 81.0 Å². The molecule has 0 saturated carbocycles. The third-order valence-corrected chi connectivity index (χ3v) is 2.30. The molecular formula is C11H21NO. The fraction of sp³-hybridized carbons (Fsp3) is 0.818. The minimum Gasteiger partial charge on any atom is -0.396 e. The lowest BCUT2D eigenvalue weighted by atomic mass is 9.96. The molecule has 13 heavy (non-hydrogen) atoms. The van der Waals surface area contributed by atoms with Gasteiger partial charge in [-0.3, -0.25) is 0 Å². The summed E-state index contributed by atoms with van der Waals surface area (Å²) in [6.07, 6.45) is 5.33. The van der Waals surface area contributed by atoms with E-state index in [0.29, 0.717) is 17.4 Å². The van der Waals surface area contributed by atoms with Gasteiger partial charge in [-0.15, -0.1) is 0 Å². The van der Waals surface area contributed by atoms with E-state index in [-0.39, 0.29) is 6.61 Å². The lowest BCUT2D eigenvalue weighted by molar-refractivity contribution is 0.244. The van der Waals surface area contributed by atoms with Crippen LogP contribution < -0.4 is 5.32 Å². The van der Waals surface area contributed by atoms with Crippen LogP contribution >= 0.6 is 0 Å². The van der Waals surface area contributed by atoms with Crippen molar-refractivity contribution in [1.82, 2.24) is 5.32 Å². The molecule has 0 saturated heterocycles. The summed E-state index contributed by atoms with van der Waals surface area (Å²) in [7, 11) is 0. The van der Waals surface area contributed by atoms with Crippen LogP contribution in [0, 0.1) is 11.3 Å². The highest BCUT2D eigenvalue weighted by Gasteiger charge is 2.19. The van der Waals surface area contributed by atoms with E-state index in [4.69, 9.17) is 5.11 Å². The van der Waals surface area contributed by atoms with Gasteiger partial charge in [0.15, 0.2) is 0 Å². The molecule has 0 heterocycles. The minimum atomic E-state index is 0.282. The van der Waals surface area contributed by atoms with Gasteiger partial charge in [0, 0.05) is 25.1 Å².